The van der Waals surface area contributed by atoms with Crippen molar-refractivity contribution in [2.75, 3.05) is 24.5 Å². The lowest BCUT2D eigenvalue weighted by Crippen LogP contribution is -2.48. The summed E-state index contributed by atoms with van der Waals surface area (Å²) in [4.78, 5) is 24.3. The van der Waals surface area contributed by atoms with Crippen molar-refractivity contribution in [2.24, 2.45) is 21.2 Å². The van der Waals surface area contributed by atoms with E-state index in [4.69, 9.17) is 5.73 Å². The van der Waals surface area contributed by atoms with Gasteiger partial charge in [-0.25, -0.2) is 4.39 Å². The fraction of sp³-hybridized carbons (Fsp3) is 0.286. The first-order chi connectivity index (χ1) is 11.0. The van der Waals surface area contributed by atoms with Gasteiger partial charge in [0.2, 0.25) is 5.91 Å². The highest BCUT2D eigenvalue weighted by Crippen LogP contribution is 2.23. The largest absolute Gasteiger partial charge is 0.364 e. The van der Waals surface area contributed by atoms with Gasteiger partial charge in [-0.3, -0.25) is 9.59 Å². The third-order valence-electron chi connectivity index (χ3n) is 3.56. The highest BCUT2D eigenvalue weighted by molar-refractivity contribution is 6.41. The molecule has 1 atom stereocenters. The van der Waals surface area contributed by atoms with Crippen LogP contribution < -0.4 is 16.0 Å². The molecule has 1 aromatic carbocycles. The van der Waals surface area contributed by atoms with Gasteiger partial charge in [0, 0.05) is 19.5 Å². The Balaban J connectivity index is 1.75. The van der Waals surface area contributed by atoms with Crippen molar-refractivity contribution in [3.63, 3.8) is 0 Å². The van der Waals surface area contributed by atoms with E-state index in [-0.39, 0.29) is 18.2 Å². The van der Waals surface area contributed by atoms with Gasteiger partial charge in [0.15, 0.2) is 5.71 Å². The number of piperazine rings is 1. The molecule has 2 aliphatic rings. The smallest absolute Gasteiger partial charge is 0.267 e. The molecule has 3 N–H and O–H groups in total. The Kier molecular flexibility index (Phi) is 4.00. The Morgan fingerprint density at radius 2 is 2.30 bits per heavy atom. The number of nitrogens with one attached hydrogen (secondary N) is 1. The number of carbonyl (C=O) groups excluding carboxylic acids is 2. The van der Waals surface area contributed by atoms with E-state index in [0.29, 0.717) is 24.3 Å². The van der Waals surface area contributed by atoms with Gasteiger partial charge in [-0.2, -0.15) is 5.11 Å². The molecule has 0 saturated carbocycles. The SMILES string of the molecule is NC(=O)C1=NN=NC1[CH]c1ccc(N2CCNC(=O)C2)c(F)c1. The molecule has 1 radical (unpaired) electrons. The molecule has 0 aromatic heterocycles. The molecule has 0 spiro atoms. The summed E-state index contributed by atoms with van der Waals surface area (Å²) in [5.74, 6) is -1.31. The second-order valence-corrected chi connectivity index (χ2v) is 5.15. The minimum absolute atomic E-state index is 0.0159. The van der Waals surface area contributed by atoms with Gasteiger partial charge < -0.3 is 16.0 Å². The molecule has 3 rings (SSSR count). The van der Waals surface area contributed by atoms with Crippen LogP contribution in [-0.2, 0) is 9.59 Å². The van der Waals surface area contributed by atoms with Crippen molar-refractivity contribution in [2.45, 2.75) is 6.04 Å². The topological polar surface area (TPSA) is 113 Å². The lowest BCUT2D eigenvalue weighted by atomic mass is 10.0. The van der Waals surface area contributed by atoms with E-state index in [0.717, 1.165) is 0 Å². The number of nitrogens with two attached hydrogens (primary N) is 1. The van der Waals surface area contributed by atoms with E-state index in [2.05, 4.69) is 20.8 Å². The summed E-state index contributed by atoms with van der Waals surface area (Å²) in [5, 5.41) is 13.4. The molecular weight excluding hydrogens is 303 g/mol. The van der Waals surface area contributed by atoms with E-state index >= 15 is 0 Å². The van der Waals surface area contributed by atoms with Crippen LogP contribution in [0.15, 0.2) is 33.6 Å². The van der Waals surface area contributed by atoms with E-state index in [1.54, 1.807) is 23.5 Å². The number of hydrogen-bond acceptors (Lipinski definition) is 6. The molecule has 9 heteroatoms. The fourth-order valence-corrected chi connectivity index (χ4v) is 2.46. The first-order valence-electron chi connectivity index (χ1n) is 6.98. The number of benzene rings is 1. The van der Waals surface area contributed by atoms with E-state index in [9.17, 15) is 14.0 Å². The lowest BCUT2D eigenvalue weighted by Gasteiger charge is -2.29. The van der Waals surface area contributed by atoms with Gasteiger partial charge in [0.05, 0.1) is 12.2 Å². The minimum atomic E-state index is -0.715. The average Bonchev–Trinajstić information content (AvgIpc) is 2.95. The van der Waals surface area contributed by atoms with Crippen molar-refractivity contribution < 1.29 is 14.0 Å². The second kappa shape index (κ2) is 6.11. The predicted octanol–water partition coefficient (Wildman–Crippen LogP) is -0.0100. The van der Waals surface area contributed by atoms with Crippen molar-refractivity contribution in [1.29, 1.82) is 0 Å². The molecule has 1 fully saturated rings. The maximum Gasteiger partial charge on any atom is 0.267 e. The van der Waals surface area contributed by atoms with Gasteiger partial charge in [-0.15, -0.1) is 5.10 Å². The molecule has 1 unspecified atom stereocenters. The normalized spacial score (nSPS) is 20.4. The van der Waals surface area contributed by atoms with Crippen LogP contribution in [0.25, 0.3) is 0 Å². The average molecular weight is 317 g/mol. The zero-order chi connectivity index (χ0) is 16.4. The number of carbonyl (C=O) groups is 2. The second-order valence-electron chi connectivity index (χ2n) is 5.15. The van der Waals surface area contributed by atoms with Crippen molar-refractivity contribution >= 4 is 23.2 Å². The van der Waals surface area contributed by atoms with Crippen LogP contribution in [0.3, 0.4) is 0 Å². The standard InChI is InChI=1S/C14H14FN6O2/c15-9-5-8(6-10-13(14(16)23)19-20-18-10)1-2-11(9)21-4-3-17-12(22)7-21/h1-2,5-6,10H,3-4,7H2,(H2,16,23)(H,17,22). The molecule has 0 aliphatic carbocycles. The summed E-state index contributed by atoms with van der Waals surface area (Å²) in [6.45, 7) is 1.14. The van der Waals surface area contributed by atoms with E-state index in [1.165, 1.54) is 6.07 Å². The Hall–Kier alpha value is -2.84. The quantitative estimate of drug-likeness (QED) is 0.814. The molecule has 8 nitrogen and oxygen atoms in total. The van der Waals surface area contributed by atoms with Crippen LogP contribution in [0.5, 0.6) is 0 Å². The Morgan fingerprint density at radius 1 is 1.48 bits per heavy atom. The number of halogens is 1. The number of amides is 2. The number of nitrogens with zero attached hydrogens (tertiary/aromatic N) is 4. The molecule has 2 aliphatic heterocycles. The van der Waals surface area contributed by atoms with Crippen LogP contribution in [0.4, 0.5) is 10.1 Å². The number of hydrogen-bond donors (Lipinski definition) is 2. The van der Waals surface area contributed by atoms with Gasteiger partial charge in [-0.1, -0.05) is 6.07 Å². The molecule has 2 amide bonds. The zero-order valence-electron chi connectivity index (χ0n) is 12.1. The minimum Gasteiger partial charge on any atom is -0.364 e. The maximum absolute atomic E-state index is 14.3. The first kappa shape index (κ1) is 15.1. The van der Waals surface area contributed by atoms with Crippen molar-refractivity contribution in [3.05, 3.63) is 36.0 Å². The fourth-order valence-electron chi connectivity index (χ4n) is 2.46. The molecule has 0 bridgehead atoms. The highest BCUT2D eigenvalue weighted by atomic mass is 19.1. The molecule has 1 aromatic rings. The van der Waals surface area contributed by atoms with Crippen LogP contribution >= 0.6 is 0 Å². The summed E-state index contributed by atoms with van der Waals surface area (Å²) in [7, 11) is 0. The summed E-state index contributed by atoms with van der Waals surface area (Å²) in [5.41, 5.74) is 6.07. The molecule has 119 valence electrons. The zero-order valence-corrected chi connectivity index (χ0v) is 12.1. The van der Waals surface area contributed by atoms with Crippen LogP contribution in [0.2, 0.25) is 0 Å². The summed E-state index contributed by atoms with van der Waals surface area (Å²) < 4.78 is 14.3. The van der Waals surface area contributed by atoms with Gasteiger partial charge in [-0.05, 0) is 22.9 Å². The number of rotatable bonds is 4. The molecular formula is C14H14FN6O2. The van der Waals surface area contributed by atoms with Crippen LogP contribution in [0, 0.1) is 12.2 Å². The van der Waals surface area contributed by atoms with Crippen LogP contribution in [-0.4, -0.2) is 43.2 Å². The summed E-state index contributed by atoms with van der Waals surface area (Å²) in [6, 6.07) is 3.87. The monoisotopic (exact) mass is 317 g/mol. The summed E-state index contributed by atoms with van der Waals surface area (Å²) >= 11 is 0. The third kappa shape index (κ3) is 3.17. The lowest BCUT2D eigenvalue weighted by molar-refractivity contribution is -0.120. The van der Waals surface area contributed by atoms with Gasteiger partial charge in [0.1, 0.15) is 11.9 Å². The Morgan fingerprint density at radius 3 is 3.00 bits per heavy atom. The Bertz CT molecular complexity index is 717. The molecule has 1 saturated heterocycles. The number of anilines is 1. The summed E-state index contributed by atoms with van der Waals surface area (Å²) in [6.07, 6.45) is 1.55. The van der Waals surface area contributed by atoms with Gasteiger partial charge in [0.25, 0.3) is 5.91 Å². The predicted molar refractivity (Wildman–Crippen MR) is 80.3 cm³/mol. The van der Waals surface area contributed by atoms with Crippen molar-refractivity contribution in [3.8, 4) is 0 Å². The van der Waals surface area contributed by atoms with E-state index in [1.807, 2.05) is 0 Å². The third-order valence-corrected chi connectivity index (χ3v) is 3.56. The highest BCUT2D eigenvalue weighted by Gasteiger charge is 2.26. The van der Waals surface area contributed by atoms with E-state index < -0.39 is 17.8 Å². The Labute approximate surface area is 131 Å². The van der Waals surface area contributed by atoms with Crippen LogP contribution in [0.1, 0.15) is 5.56 Å². The molecule has 23 heavy (non-hydrogen) atoms. The van der Waals surface area contributed by atoms with Gasteiger partial charge >= 0.3 is 0 Å². The van der Waals surface area contributed by atoms with Crippen molar-refractivity contribution in [1.82, 2.24) is 5.32 Å². The maximum atomic E-state index is 14.3. The molecule has 2 heterocycles. The first-order valence-corrected chi connectivity index (χ1v) is 6.98. The number of primary amides is 1.